The zero-order chi connectivity index (χ0) is 18.5. The van der Waals surface area contributed by atoms with Gasteiger partial charge in [-0.3, -0.25) is 10.1 Å². The predicted octanol–water partition coefficient (Wildman–Crippen LogP) is 4.61. The molecule has 3 rings (SSSR count). The van der Waals surface area contributed by atoms with E-state index in [0.29, 0.717) is 23.0 Å². The van der Waals surface area contributed by atoms with Crippen LogP contribution in [-0.2, 0) is 11.3 Å². The van der Waals surface area contributed by atoms with Crippen molar-refractivity contribution in [1.82, 2.24) is 4.98 Å². The predicted molar refractivity (Wildman–Crippen MR) is 103 cm³/mol. The molecule has 0 unspecified atom stereocenters. The summed E-state index contributed by atoms with van der Waals surface area (Å²) in [6, 6.07) is 5.12. The SMILES string of the molecule is COCc1csc(NC(=O)Nc2ccc(C)cc2C(=O)C2CCCC2)n1. The normalized spacial score (nSPS) is 14.4. The Bertz CT molecular complexity index is 797. The number of ketones is 1. The molecule has 1 heterocycles. The number of ether oxygens (including phenoxy) is 1. The molecule has 1 saturated carbocycles. The second kappa shape index (κ2) is 8.42. The summed E-state index contributed by atoms with van der Waals surface area (Å²) in [5.74, 6) is 0.189. The van der Waals surface area contributed by atoms with E-state index >= 15 is 0 Å². The fraction of sp³-hybridized carbons (Fsp3) is 0.421. The quantitative estimate of drug-likeness (QED) is 0.724. The lowest BCUT2D eigenvalue weighted by Gasteiger charge is -2.14. The van der Waals surface area contributed by atoms with Gasteiger partial charge in [0.25, 0.3) is 0 Å². The summed E-state index contributed by atoms with van der Waals surface area (Å²) >= 11 is 1.33. The summed E-state index contributed by atoms with van der Waals surface area (Å²) in [7, 11) is 1.60. The number of urea groups is 1. The first-order valence-corrected chi connectivity index (χ1v) is 9.61. The number of anilines is 2. The maximum Gasteiger partial charge on any atom is 0.325 e. The minimum absolute atomic E-state index is 0.0657. The van der Waals surface area contributed by atoms with E-state index in [9.17, 15) is 9.59 Å². The van der Waals surface area contributed by atoms with Crippen LogP contribution in [0.4, 0.5) is 15.6 Å². The molecule has 0 saturated heterocycles. The van der Waals surface area contributed by atoms with E-state index in [-0.39, 0.29) is 11.7 Å². The third kappa shape index (κ3) is 4.47. The third-order valence-electron chi connectivity index (χ3n) is 4.48. The van der Waals surface area contributed by atoms with Crippen LogP contribution in [0.5, 0.6) is 0 Å². The van der Waals surface area contributed by atoms with Crippen molar-refractivity contribution in [3.63, 3.8) is 0 Å². The number of carbonyl (C=O) groups is 2. The van der Waals surface area contributed by atoms with Gasteiger partial charge < -0.3 is 10.1 Å². The molecule has 1 aromatic heterocycles. The van der Waals surface area contributed by atoms with E-state index in [2.05, 4.69) is 15.6 Å². The highest BCUT2D eigenvalue weighted by Gasteiger charge is 2.26. The van der Waals surface area contributed by atoms with Crippen molar-refractivity contribution >= 4 is 34.0 Å². The van der Waals surface area contributed by atoms with E-state index in [0.717, 1.165) is 36.9 Å². The molecule has 26 heavy (non-hydrogen) atoms. The van der Waals surface area contributed by atoms with Gasteiger partial charge >= 0.3 is 6.03 Å². The first kappa shape index (κ1) is 18.5. The zero-order valence-corrected chi connectivity index (χ0v) is 15.8. The number of rotatable bonds is 6. The topological polar surface area (TPSA) is 80.3 Å². The molecule has 1 aliphatic carbocycles. The molecule has 2 aromatic rings. The largest absolute Gasteiger partial charge is 0.378 e. The van der Waals surface area contributed by atoms with E-state index < -0.39 is 6.03 Å². The number of hydrogen-bond acceptors (Lipinski definition) is 5. The molecular weight excluding hydrogens is 350 g/mol. The van der Waals surface area contributed by atoms with Gasteiger partial charge in [0.05, 0.1) is 18.0 Å². The van der Waals surface area contributed by atoms with Gasteiger partial charge in [0.2, 0.25) is 0 Å². The first-order valence-electron chi connectivity index (χ1n) is 8.73. The van der Waals surface area contributed by atoms with Crippen molar-refractivity contribution < 1.29 is 14.3 Å². The lowest BCUT2D eigenvalue weighted by atomic mass is 9.94. The molecule has 2 N–H and O–H groups in total. The number of nitrogens with one attached hydrogen (secondary N) is 2. The molecule has 1 fully saturated rings. The average Bonchev–Trinajstić information content (AvgIpc) is 3.28. The van der Waals surface area contributed by atoms with Gasteiger partial charge in [0.15, 0.2) is 10.9 Å². The van der Waals surface area contributed by atoms with Crippen LogP contribution in [0.25, 0.3) is 0 Å². The van der Waals surface area contributed by atoms with Gasteiger partial charge in [-0.05, 0) is 31.9 Å². The maximum atomic E-state index is 12.8. The number of thiazole rings is 1. The number of methoxy groups -OCH3 is 1. The molecule has 1 aliphatic rings. The number of aryl methyl sites for hydroxylation is 1. The zero-order valence-electron chi connectivity index (χ0n) is 15.0. The number of amides is 2. The molecule has 0 radical (unpaired) electrons. The van der Waals surface area contributed by atoms with E-state index in [4.69, 9.17) is 4.74 Å². The molecular formula is C19H23N3O3S. The van der Waals surface area contributed by atoms with Gasteiger partial charge in [-0.15, -0.1) is 11.3 Å². The van der Waals surface area contributed by atoms with Gasteiger partial charge in [-0.25, -0.2) is 9.78 Å². The minimum Gasteiger partial charge on any atom is -0.378 e. The van der Waals surface area contributed by atoms with Crippen molar-refractivity contribution in [3.8, 4) is 0 Å². The molecule has 1 aromatic carbocycles. The van der Waals surface area contributed by atoms with Crippen LogP contribution in [-0.4, -0.2) is 23.9 Å². The fourth-order valence-electron chi connectivity index (χ4n) is 3.21. The second-order valence-corrected chi connectivity index (χ2v) is 7.41. The van der Waals surface area contributed by atoms with Gasteiger partial charge in [-0.1, -0.05) is 24.5 Å². The Morgan fingerprint density at radius 1 is 1.27 bits per heavy atom. The number of nitrogens with zero attached hydrogens (tertiary/aromatic N) is 1. The van der Waals surface area contributed by atoms with Gasteiger partial charge in [-0.2, -0.15) is 0 Å². The summed E-state index contributed by atoms with van der Waals surface area (Å²) in [6.45, 7) is 2.35. The number of aromatic nitrogens is 1. The Morgan fingerprint density at radius 3 is 2.77 bits per heavy atom. The fourth-order valence-corrected chi connectivity index (χ4v) is 3.90. The van der Waals surface area contributed by atoms with Crippen molar-refractivity contribution in [3.05, 3.63) is 40.4 Å². The van der Waals surface area contributed by atoms with Crippen molar-refractivity contribution in [1.29, 1.82) is 0 Å². The Labute approximate surface area is 157 Å². The molecule has 138 valence electrons. The number of hydrogen-bond donors (Lipinski definition) is 2. The Balaban J connectivity index is 1.71. The number of carbonyl (C=O) groups excluding carboxylic acids is 2. The minimum atomic E-state index is -0.410. The Kier molecular flexibility index (Phi) is 6.00. The van der Waals surface area contributed by atoms with Crippen molar-refractivity contribution in [2.24, 2.45) is 5.92 Å². The summed E-state index contributed by atoms with van der Waals surface area (Å²) in [5.41, 5.74) is 2.90. The summed E-state index contributed by atoms with van der Waals surface area (Å²) in [4.78, 5) is 29.4. The van der Waals surface area contributed by atoms with Crippen LogP contribution in [0.3, 0.4) is 0 Å². The van der Waals surface area contributed by atoms with E-state index in [1.165, 1.54) is 11.3 Å². The molecule has 0 atom stereocenters. The Morgan fingerprint density at radius 2 is 2.04 bits per heavy atom. The van der Waals surface area contributed by atoms with Crippen LogP contribution in [0, 0.1) is 12.8 Å². The molecule has 6 nitrogen and oxygen atoms in total. The lowest BCUT2D eigenvalue weighted by molar-refractivity contribution is 0.0923. The highest BCUT2D eigenvalue weighted by Crippen LogP contribution is 2.31. The summed E-state index contributed by atoms with van der Waals surface area (Å²) in [6.07, 6.45) is 4.05. The summed E-state index contributed by atoms with van der Waals surface area (Å²) in [5, 5.41) is 7.83. The highest BCUT2D eigenvalue weighted by molar-refractivity contribution is 7.13. The molecule has 0 aliphatic heterocycles. The molecule has 0 spiro atoms. The number of Topliss-reactive ketones (excluding diaryl/α,β-unsaturated/α-hetero) is 1. The monoisotopic (exact) mass is 373 g/mol. The standard InChI is InChI=1S/C19H23N3O3S/c1-12-7-8-16(15(9-12)17(23)13-5-3-4-6-13)21-18(24)22-19-20-14(10-25-2)11-26-19/h7-9,11,13H,3-6,10H2,1-2H3,(H2,20,21,22,24). The smallest absolute Gasteiger partial charge is 0.325 e. The lowest BCUT2D eigenvalue weighted by Crippen LogP contribution is -2.22. The molecule has 0 bridgehead atoms. The maximum absolute atomic E-state index is 12.8. The first-order chi connectivity index (χ1) is 12.6. The van der Waals surface area contributed by atoms with Gasteiger partial charge in [0.1, 0.15) is 0 Å². The summed E-state index contributed by atoms with van der Waals surface area (Å²) < 4.78 is 5.02. The average molecular weight is 373 g/mol. The Hall–Kier alpha value is -2.25. The van der Waals surface area contributed by atoms with E-state index in [1.54, 1.807) is 13.2 Å². The van der Waals surface area contributed by atoms with Crippen LogP contribution in [0.2, 0.25) is 0 Å². The number of benzene rings is 1. The van der Waals surface area contributed by atoms with Crippen LogP contribution < -0.4 is 10.6 Å². The van der Waals surface area contributed by atoms with Crippen molar-refractivity contribution in [2.45, 2.75) is 39.2 Å². The third-order valence-corrected chi connectivity index (χ3v) is 5.29. The van der Waals surface area contributed by atoms with Crippen LogP contribution in [0.1, 0.15) is 47.3 Å². The second-order valence-electron chi connectivity index (χ2n) is 6.55. The van der Waals surface area contributed by atoms with E-state index in [1.807, 2.05) is 24.4 Å². The molecule has 7 heteroatoms. The van der Waals surface area contributed by atoms with Crippen molar-refractivity contribution in [2.75, 3.05) is 17.7 Å². The van der Waals surface area contributed by atoms with Crippen LogP contribution >= 0.6 is 11.3 Å². The van der Waals surface area contributed by atoms with Crippen LogP contribution in [0.15, 0.2) is 23.6 Å². The van der Waals surface area contributed by atoms with Gasteiger partial charge in [0, 0.05) is 24.0 Å². The highest BCUT2D eigenvalue weighted by atomic mass is 32.1. The molecule has 2 amide bonds.